The van der Waals surface area contributed by atoms with Crippen molar-refractivity contribution in [2.75, 3.05) is 6.54 Å². The van der Waals surface area contributed by atoms with Crippen molar-refractivity contribution in [3.05, 3.63) is 42.2 Å². The fourth-order valence-corrected chi connectivity index (χ4v) is 2.08. The molecule has 1 aromatic heterocycles. The van der Waals surface area contributed by atoms with Gasteiger partial charge in [0.1, 0.15) is 1.41 Å². The number of nitrogens with zero attached hydrogens (tertiary/aromatic N) is 1. The van der Waals surface area contributed by atoms with Gasteiger partial charge in [0.2, 0.25) is 0 Å². The van der Waals surface area contributed by atoms with Crippen molar-refractivity contribution in [3.8, 4) is 0 Å². The second-order valence-corrected chi connectivity index (χ2v) is 4.70. The molecule has 0 aromatic carbocycles. The Morgan fingerprint density at radius 1 is 1.52 bits per heavy atom. The van der Waals surface area contributed by atoms with E-state index < -0.39 is 24.1 Å². The Hall–Kier alpha value is -2.21. The number of aromatic nitrogens is 1. The van der Waals surface area contributed by atoms with Gasteiger partial charge in [-0.05, 0) is 18.6 Å². The summed E-state index contributed by atoms with van der Waals surface area (Å²) < 4.78 is 12.8. The van der Waals surface area contributed by atoms with E-state index >= 15 is 0 Å². The van der Waals surface area contributed by atoms with E-state index in [0.29, 0.717) is 18.7 Å². The Morgan fingerprint density at radius 2 is 2.38 bits per heavy atom. The van der Waals surface area contributed by atoms with Crippen molar-refractivity contribution >= 4 is 11.9 Å². The summed E-state index contributed by atoms with van der Waals surface area (Å²) in [5.74, 6) is -2.36. The van der Waals surface area contributed by atoms with E-state index in [-0.39, 0.29) is 12.8 Å². The van der Waals surface area contributed by atoms with E-state index in [4.69, 9.17) is 6.15 Å². The molecule has 0 saturated heterocycles. The molecule has 6 heteroatoms. The van der Waals surface area contributed by atoms with Gasteiger partial charge in [-0.15, -0.1) is 0 Å². The molecule has 6 nitrogen and oxygen atoms in total. The van der Waals surface area contributed by atoms with Gasteiger partial charge in [-0.1, -0.05) is 18.2 Å². The molecule has 21 heavy (non-hydrogen) atoms. The summed E-state index contributed by atoms with van der Waals surface area (Å²) in [6, 6.07) is 5.04. The van der Waals surface area contributed by atoms with E-state index in [2.05, 4.69) is 4.98 Å². The average molecular weight is 291 g/mol. The molecule has 1 aromatic rings. The number of carbonyl (C=O) groups is 2. The standard InChI is InChI=1S/C15H18N2O4/c18-14(21-13-6-2-4-10-17-13)8-7-11(15(19)20)12-5-1-3-9-16-12/h1-5,9,11,13,17H,6-8,10H2,(H,19,20)/i/hD. The third-order valence-corrected chi connectivity index (χ3v) is 3.17. The Kier molecular flexibility index (Phi) is 4.94. The maximum Gasteiger partial charge on any atom is 0.312 e. The Labute approximate surface area is 124 Å². The lowest BCUT2D eigenvalue weighted by Gasteiger charge is -2.20. The molecule has 0 fully saturated rings. The molecule has 2 N–H and O–H groups in total. The van der Waals surface area contributed by atoms with Crippen molar-refractivity contribution in [2.24, 2.45) is 0 Å². The summed E-state index contributed by atoms with van der Waals surface area (Å²) in [7, 11) is 0. The van der Waals surface area contributed by atoms with Crippen LogP contribution in [0.3, 0.4) is 0 Å². The van der Waals surface area contributed by atoms with Gasteiger partial charge in [0.15, 0.2) is 6.23 Å². The van der Waals surface area contributed by atoms with Crippen LogP contribution in [-0.2, 0) is 14.3 Å². The van der Waals surface area contributed by atoms with E-state index in [1.165, 1.54) is 11.5 Å². The van der Waals surface area contributed by atoms with E-state index in [0.717, 1.165) is 0 Å². The van der Waals surface area contributed by atoms with E-state index in [1.54, 1.807) is 18.2 Å². The highest BCUT2D eigenvalue weighted by molar-refractivity contribution is 5.77. The summed E-state index contributed by atoms with van der Waals surface area (Å²) >= 11 is 0. The zero-order valence-corrected chi connectivity index (χ0v) is 11.5. The number of carboxylic acids is 1. The Bertz CT molecular complexity index is 550. The molecular weight excluding hydrogens is 272 g/mol. The van der Waals surface area contributed by atoms with Crippen LogP contribution in [0.5, 0.6) is 0 Å². The van der Waals surface area contributed by atoms with Crippen LogP contribution in [0, 0.1) is 0 Å². The average Bonchev–Trinajstić information content (AvgIpc) is 2.50. The SMILES string of the molecule is [2H]N1CC=CCC1OC(=O)CCC(C(=O)O)c1ccccn1. The highest BCUT2D eigenvalue weighted by atomic mass is 16.6. The molecular formula is C15H18N2O4. The molecule has 0 bridgehead atoms. The Balaban J connectivity index is 1.88. The number of rotatable bonds is 6. The van der Waals surface area contributed by atoms with Crippen molar-refractivity contribution in [1.29, 1.82) is 0 Å². The third-order valence-electron chi connectivity index (χ3n) is 3.17. The summed E-state index contributed by atoms with van der Waals surface area (Å²) in [6.45, 7) is 0.406. The molecule has 0 amide bonds. The topological polar surface area (TPSA) is 88.5 Å². The number of esters is 1. The smallest absolute Gasteiger partial charge is 0.312 e. The molecule has 0 spiro atoms. The second-order valence-electron chi connectivity index (χ2n) is 4.70. The van der Waals surface area contributed by atoms with Crippen molar-refractivity contribution in [2.45, 2.75) is 31.4 Å². The number of ether oxygens (including phenoxy) is 1. The first-order valence-corrected chi connectivity index (χ1v) is 6.81. The number of nitrogens with one attached hydrogen (secondary N) is 1. The molecule has 1 aliphatic rings. The van der Waals surface area contributed by atoms with Crippen LogP contribution in [0.1, 0.15) is 30.9 Å². The monoisotopic (exact) mass is 291 g/mol. The van der Waals surface area contributed by atoms with Gasteiger partial charge in [-0.25, -0.2) is 0 Å². The van der Waals surface area contributed by atoms with Crippen molar-refractivity contribution in [1.82, 2.24) is 10.3 Å². The lowest BCUT2D eigenvalue weighted by molar-refractivity contribution is -0.151. The highest BCUT2D eigenvalue weighted by Crippen LogP contribution is 2.20. The number of hydrogen-bond acceptors (Lipinski definition) is 5. The molecule has 0 aliphatic carbocycles. The van der Waals surface area contributed by atoms with Crippen LogP contribution in [-0.4, -0.2) is 34.8 Å². The molecule has 0 saturated carbocycles. The zero-order chi connectivity index (χ0) is 15.9. The van der Waals surface area contributed by atoms with Gasteiger partial charge in [0.05, 0.1) is 11.6 Å². The number of carboxylic acid groups (broad SMARTS) is 1. The Morgan fingerprint density at radius 3 is 3.05 bits per heavy atom. The summed E-state index contributed by atoms with van der Waals surface area (Å²) in [5, 5.41) is 10.4. The van der Waals surface area contributed by atoms with Crippen LogP contribution in [0.4, 0.5) is 0 Å². The first-order chi connectivity index (χ1) is 10.6. The zero-order valence-electron chi connectivity index (χ0n) is 12.5. The van der Waals surface area contributed by atoms with Crippen LogP contribution in [0.25, 0.3) is 0 Å². The minimum atomic E-state index is -1.02. The van der Waals surface area contributed by atoms with Gasteiger partial charge < -0.3 is 9.84 Å². The van der Waals surface area contributed by atoms with Crippen LogP contribution < -0.4 is 5.31 Å². The third kappa shape index (κ3) is 4.68. The molecule has 2 unspecified atom stereocenters. The quantitative estimate of drug-likeness (QED) is 0.609. The van der Waals surface area contributed by atoms with Gasteiger partial charge in [0.25, 0.3) is 0 Å². The van der Waals surface area contributed by atoms with Crippen LogP contribution in [0.2, 0.25) is 1.41 Å². The molecule has 0 radical (unpaired) electrons. The van der Waals surface area contributed by atoms with E-state index in [9.17, 15) is 14.7 Å². The maximum atomic E-state index is 11.8. The maximum absolute atomic E-state index is 11.8. The number of pyridine rings is 1. The fraction of sp³-hybridized carbons (Fsp3) is 0.400. The highest BCUT2D eigenvalue weighted by Gasteiger charge is 2.23. The van der Waals surface area contributed by atoms with Crippen LogP contribution in [0.15, 0.2) is 36.5 Å². The van der Waals surface area contributed by atoms with Crippen LogP contribution >= 0.6 is 0 Å². The molecule has 2 rings (SSSR count). The molecule has 1 aliphatic heterocycles. The summed E-state index contributed by atoms with van der Waals surface area (Å²) in [5.41, 5.74) is 0.422. The molecule has 112 valence electrons. The first kappa shape index (κ1) is 13.8. The van der Waals surface area contributed by atoms with Gasteiger partial charge in [-0.3, -0.25) is 19.9 Å². The predicted octanol–water partition coefficient (Wildman–Crippen LogP) is 1.45. The lowest BCUT2D eigenvalue weighted by Crippen LogP contribution is -2.35. The first-order valence-electron chi connectivity index (χ1n) is 7.26. The van der Waals surface area contributed by atoms with Gasteiger partial charge >= 0.3 is 11.9 Å². The number of hydrogen-bond donors (Lipinski definition) is 2. The number of carbonyl (C=O) groups excluding carboxylic acids is 1. The van der Waals surface area contributed by atoms with Crippen molar-refractivity contribution in [3.63, 3.8) is 0 Å². The largest absolute Gasteiger partial charge is 0.481 e. The van der Waals surface area contributed by atoms with Crippen molar-refractivity contribution < 1.29 is 20.8 Å². The predicted molar refractivity (Wildman–Crippen MR) is 75.5 cm³/mol. The van der Waals surface area contributed by atoms with Gasteiger partial charge in [-0.2, -0.15) is 0 Å². The second kappa shape index (κ2) is 7.54. The fourth-order valence-electron chi connectivity index (χ4n) is 2.08. The molecule has 2 atom stereocenters. The van der Waals surface area contributed by atoms with E-state index in [1.807, 2.05) is 12.2 Å². The summed E-state index contributed by atoms with van der Waals surface area (Å²) in [6.07, 6.45) is 5.17. The molecule has 2 heterocycles. The number of aliphatic carboxylic acids is 1. The minimum Gasteiger partial charge on any atom is -0.481 e. The normalized spacial score (nSPS) is 20.6. The summed E-state index contributed by atoms with van der Waals surface area (Å²) in [4.78, 5) is 27.2. The minimum absolute atomic E-state index is 0.0262. The van der Waals surface area contributed by atoms with Gasteiger partial charge in [0, 0.05) is 25.6 Å². The lowest BCUT2D eigenvalue weighted by atomic mass is 9.99.